The average molecular weight is 1610 g/mol. The normalized spacial score (nSPS) is 15.5. The summed E-state index contributed by atoms with van der Waals surface area (Å²) in [5.41, 5.74) is 16.1. The van der Waals surface area contributed by atoms with Crippen molar-refractivity contribution in [1.82, 2.24) is 0 Å². The molecule has 0 saturated carbocycles. The smallest absolute Gasteiger partial charge is 0.255 e. The van der Waals surface area contributed by atoms with E-state index in [9.17, 15) is 17.2 Å². The number of aliphatic hydroxyl groups excluding tert-OH is 18. The largest absolute Gasteiger partial charge is 0.396 e. The first-order chi connectivity index (χ1) is 50.9. The standard InChI is InChI=1S/2C7H15BO3.C7H15BO2.2C6H12BFO3.C6H12BN3O3.2C6H14BNO2.C6H13BO4S.C6H13BO2S/c1-3-6(8)11-7(2,4-9)5-10;1-3-7(8)11-6(4-9)5(2)10;1-2-7(8)3-6(4-9)5-10;1-2-6(7,8)11-5(3-9)4-10;1-2-5(7)11-6(8,3-9)4-10;1-2-5(7)13-6(3-11,4-12)9-10-8;2*1-2-6(7)10-5(3-8)4-9;1-2-6(7)12(10,11)5(3-8)4-9;1-2-6(7)10-5(3-8)4-9/h6,9-10H,3-5H2,1-2H3;5-7,9-10H,3-4H2,1-2H3;6-7,9-10H,2-5H2,1H3;2*5,9-10H,2-4H2,1H3;5,11-12H,2-4H2,1H3;2*5-6,9H,2-4,8H2,1H3;5-6,8-9H,2-4H2,1H3;5-6,8-9H,2-4H2,1H3/t6-;5?,6-,7+;7-;6-;2*5-;5-,6+;5-,6-;2*6-/m1001110111/s1. The summed E-state index contributed by atoms with van der Waals surface area (Å²) in [7, 11) is 50.3. The van der Waals surface area contributed by atoms with Crippen molar-refractivity contribution in [2.45, 2.75) is 270 Å². The third kappa shape index (κ3) is 76.8. The quantitative estimate of drug-likeness (QED) is 0.0119. The van der Waals surface area contributed by atoms with Crippen molar-refractivity contribution < 1.29 is 142 Å². The number of azide groups is 1. The topological polar surface area (TPSA) is 564 Å². The Labute approximate surface area is 667 Å². The molecule has 109 heavy (non-hydrogen) atoms. The van der Waals surface area contributed by atoms with Crippen LogP contribution in [-0.4, -0.2) is 414 Å². The van der Waals surface area contributed by atoms with Gasteiger partial charge in [0.05, 0.1) is 133 Å². The number of rotatable bonds is 51. The SMILES string of the molecule is [B][C@@H](CC)CC(CO)CO.[B][C@@H](CC)OC(C)(CO)CO.[B][C@@H](CC)OC(CO)(CO)N=[N+]=[N-].[B][C@@H](CC)OC(F)(CO)CO.[B][C@@H](CC)O[C@@H](CN)CO.[B][C@@H](CC)O[C@@H](CO)C(C)O.[B][C@@H](CC)O[C@H](CN)CO.[B][C@@H](CC)S(=O)(=O)C(CO)CO.[B][C@@H](CC)SC(CO)CO.[B][C@@](F)(CC)OC(CO)CO. The predicted molar refractivity (Wildman–Crippen MR) is 428 cm³/mol. The van der Waals surface area contributed by atoms with Crippen LogP contribution in [0.2, 0.25) is 5.82 Å². The van der Waals surface area contributed by atoms with E-state index in [0.717, 1.165) is 25.7 Å². The molecule has 0 heterocycles. The lowest BCUT2D eigenvalue weighted by atomic mass is 9.78. The molecule has 0 rings (SSSR count). The Morgan fingerprint density at radius 2 is 0.853 bits per heavy atom. The molecule has 0 aromatic rings. The highest BCUT2D eigenvalue weighted by molar-refractivity contribution is 8.01. The minimum absolute atomic E-state index is 0.00509. The summed E-state index contributed by atoms with van der Waals surface area (Å²) >= 11 is 1.42. The van der Waals surface area contributed by atoms with Crippen LogP contribution in [0.25, 0.3) is 10.4 Å². The first-order valence-corrected chi connectivity index (χ1v) is 38.5. The highest BCUT2D eigenvalue weighted by Crippen LogP contribution is 2.20. The fraction of sp³-hybridized carbons (Fsp3) is 1.00. The molecular weight excluding hydrogens is 1470 g/mol. The van der Waals surface area contributed by atoms with Crippen LogP contribution < -0.4 is 11.5 Å². The van der Waals surface area contributed by atoms with Crippen molar-refractivity contribution in [1.29, 1.82) is 0 Å². The van der Waals surface area contributed by atoms with E-state index in [1.807, 2.05) is 41.5 Å². The molecule has 1 unspecified atom stereocenters. The van der Waals surface area contributed by atoms with Crippen molar-refractivity contribution in [3.63, 3.8) is 0 Å². The summed E-state index contributed by atoms with van der Waals surface area (Å²) in [5, 5.41) is 157. The second-order valence-corrected chi connectivity index (χ2v) is 27.9. The molecule has 0 aliphatic heterocycles. The van der Waals surface area contributed by atoms with Gasteiger partial charge in [-0.25, -0.2) is 17.2 Å². The molecule has 0 amide bonds. The van der Waals surface area contributed by atoms with E-state index in [1.54, 1.807) is 34.6 Å². The van der Waals surface area contributed by atoms with Gasteiger partial charge in [-0.1, -0.05) is 99.4 Å². The zero-order valence-electron chi connectivity index (χ0n) is 66.6. The maximum atomic E-state index is 12.9. The Morgan fingerprint density at radius 3 is 1.11 bits per heavy atom. The van der Waals surface area contributed by atoms with Gasteiger partial charge in [0, 0.05) is 78.3 Å². The Bertz CT molecular complexity index is 1920. The van der Waals surface area contributed by atoms with Gasteiger partial charge >= 0.3 is 0 Å². The molecule has 32 nitrogen and oxygen atoms in total. The number of halogens is 2. The molecule has 0 aliphatic rings. The minimum Gasteiger partial charge on any atom is -0.396 e. The molecule has 20 radical (unpaired) electrons. The first kappa shape index (κ1) is 129. The maximum Gasteiger partial charge on any atom is 0.255 e. The number of nitrogens with zero attached hydrogens (tertiary/aromatic N) is 3. The molecule has 0 bridgehead atoms. The van der Waals surface area contributed by atoms with Crippen LogP contribution >= 0.6 is 11.8 Å². The summed E-state index contributed by atoms with van der Waals surface area (Å²) in [6.07, 6.45) is 3.63. The van der Waals surface area contributed by atoms with Crippen LogP contribution in [0.5, 0.6) is 0 Å². The maximum absolute atomic E-state index is 12.9. The first-order valence-electron chi connectivity index (χ1n) is 35.9. The van der Waals surface area contributed by atoms with Gasteiger partial charge < -0.3 is 137 Å². The van der Waals surface area contributed by atoms with Crippen molar-refractivity contribution in [3.8, 4) is 0 Å². The molecular formula is C63H135B10F2N5O27S2. The molecule has 0 aliphatic carbocycles. The fourth-order valence-corrected chi connectivity index (χ4v) is 8.13. The minimum atomic E-state index is -3.57. The van der Waals surface area contributed by atoms with E-state index in [1.165, 1.54) is 18.7 Å². The Kier molecular flexibility index (Phi) is 98.7. The summed E-state index contributed by atoms with van der Waals surface area (Å²) in [6.45, 7) is 16.1. The van der Waals surface area contributed by atoms with E-state index in [0.29, 0.717) is 45.2 Å². The van der Waals surface area contributed by atoms with Crippen LogP contribution in [0.3, 0.4) is 0 Å². The van der Waals surface area contributed by atoms with Gasteiger partial charge in [0.1, 0.15) is 83.4 Å². The van der Waals surface area contributed by atoms with Crippen LogP contribution in [0.4, 0.5) is 8.78 Å². The lowest BCUT2D eigenvalue weighted by molar-refractivity contribution is -0.202. The molecule has 0 aromatic carbocycles. The highest BCUT2D eigenvalue weighted by Gasteiger charge is 2.32. The Balaban J connectivity index is -0.000000125. The Morgan fingerprint density at radius 1 is 0.477 bits per heavy atom. The van der Waals surface area contributed by atoms with Gasteiger partial charge in [0.15, 0.2) is 29.2 Å². The van der Waals surface area contributed by atoms with E-state index in [-0.39, 0.29) is 119 Å². The third-order valence-corrected chi connectivity index (χ3v) is 17.8. The van der Waals surface area contributed by atoms with Crippen molar-refractivity contribution in [2.75, 3.05) is 125 Å². The van der Waals surface area contributed by atoms with Crippen molar-refractivity contribution in [3.05, 3.63) is 10.4 Å². The lowest BCUT2D eigenvalue weighted by Gasteiger charge is -2.29. The van der Waals surface area contributed by atoms with Gasteiger partial charge in [0.25, 0.3) is 5.85 Å². The second-order valence-electron chi connectivity index (χ2n) is 23.9. The van der Waals surface area contributed by atoms with Crippen molar-refractivity contribution >= 4 is 100 Å². The lowest BCUT2D eigenvalue weighted by Crippen LogP contribution is -2.41. The number of alkyl halides is 2. The van der Waals surface area contributed by atoms with Crippen LogP contribution in [0.15, 0.2) is 5.11 Å². The summed E-state index contributed by atoms with van der Waals surface area (Å²) in [5.74, 6) is -4.58. The summed E-state index contributed by atoms with van der Waals surface area (Å²) in [4.78, 5) is 2.46. The van der Waals surface area contributed by atoms with E-state index < -0.39 is 138 Å². The van der Waals surface area contributed by atoms with Gasteiger partial charge in [-0.05, 0) is 75.9 Å². The number of nitrogens with two attached hydrogens (primary N) is 2. The number of hydrogen-bond donors (Lipinski definition) is 20. The van der Waals surface area contributed by atoms with E-state index in [4.69, 9.17) is 211 Å². The Hall–Kier alpha value is -0.961. The van der Waals surface area contributed by atoms with Gasteiger partial charge in [-0.3, -0.25) is 0 Å². The van der Waals surface area contributed by atoms with Gasteiger partial charge in [-0.15, -0.1) is 0 Å². The fourth-order valence-electron chi connectivity index (χ4n) is 5.90. The average Bonchev–Trinajstić information content (AvgIpc) is 0.867. The second kappa shape index (κ2) is 83.5. The zero-order valence-corrected chi connectivity index (χ0v) is 68.2. The van der Waals surface area contributed by atoms with E-state index >= 15 is 0 Å². The molecule has 0 aromatic heterocycles. The summed E-state index contributed by atoms with van der Waals surface area (Å²) in [6, 6.07) is -2.90. The van der Waals surface area contributed by atoms with Crippen LogP contribution in [0.1, 0.15) is 154 Å². The molecule has 0 fully saturated rings. The molecule has 22 N–H and O–H groups in total. The molecule has 14 atom stereocenters. The number of aliphatic hydroxyl groups is 18. The number of ether oxygens (including phenoxy) is 7. The molecule has 630 valence electrons. The molecule has 0 spiro atoms. The van der Waals surface area contributed by atoms with Crippen LogP contribution in [-0.2, 0) is 43.0 Å². The monoisotopic (exact) mass is 1610 g/mol. The zero-order chi connectivity index (χ0) is 87.6. The van der Waals surface area contributed by atoms with Gasteiger partial charge in [-0.2, -0.15) is 11.8 Å². The predicted octanol–water partition coefficient (Wildman–Crippen LogP) is -4.25. The van der Waals surface area contributed by atoms with Gasteiger partial charge in [0.2, 0.25) is 0 Å². The molecule has 46 heteroatoms. The van der Waals surface area contributed by atoms with E-state index in [2.05, 4.69) is 19.5 Å². The number of hydrogen-bond acceptors (Lipinski definition) is 31. The van der Waals surface area contributed by atoms with Crippen LogP contribution in [0, 0.1) is 5.92 Å². The number of sulfone groups is 1. The number of thioether (sulfide) groups is 1. The summed E-state index contributed by atoms with van der Waals surface area (Å²) < 4.78 is 82.6. The van der Waals surface area contributed by atoms with Crippen molar-refractivity contribution in [2.24, 2.45) is 22.5 Å². The molecule has 0 saturated heterocycles. The third-order valence-electron chi connectivity index (χ3n) is 14.0. The highest BCUT2D eigenvalue weighted by atomic mass is 32.2.